The van der Waals surface area contributed by atoms with Crippen LogP contribution in [0.4, 0.5) is 0 Å². The maximum atomic E-state index is 9.20. The molecule has 4 heteroatoms. The number of aliphatic hydroxyl groups excluding tert-OH is 1. The van der Waals surface area contributed by atoms with Crippen LogP contribution in [0.25, 0.3) is 0 Å². The van der Waals surface area contributed by atoms with Crippen LogP contribution < -0.4 is 4.74 Å². The van der Waals surface area contributed by atoms with Crippen molar-refractivity contribution in [2.75, 3.05) is 7.11 Å². The second-order valence-corrected chi connectivity index (χ2v) is 4.41. The molecule has 1 N–H and O–H groups in total. The third-order valence-corrected chi connectivity index (χ3v) is 3.23. The van der Waals surface area contributed by atoms with Crippen LogP contribution >= 0.6 is 0 Å². The van der Waals surface area contributed by atoms with Gasteiger partial charge in [-0.1, -0.05) is 0 Å². The van der Waals surface area contributed by atoms with Crippen molar-refractivity contribution in [1.29, 1.82) is 0 Å². The number of nitrogens with zero attached hydrogens (tertiary/aromatic N) is 1. The molecule has 0 aromatic carbocycles. The molecule has 1 fully saturated rings. The van der Waals surface area contributed by atoms with Crippen LogP contribution in [0.15, 0.2) is 18.5 Å². The summed E-state index contributed by atoms with van der Waals surface area (Å²) < 4.78 is 11.3. The Bertz CT molecular complexity index is 356. The molecule has 2 rings (SSSR count). The van der Waals surface area contributed by atoms with Crippen LogP contribution in [0.2, 0.25) is 0 Å². The molecule has 2 atom stereocenters. The van der Waals surface area contributed by atoms with Gasteiger partial charge in [0, 0.05) is 31.5 Å². The van der Waals surface area contributed by atoms with Gasteiger partial charge in [0.15, 0.2) is 0 Å². The summed E-state index contributed by atoms with van der Waals surface area (Å²) in [5.74, 6) is 0.740. The number of ether oxygens (including phenoxy) is 2. The molecule has 0 amide bonds. The fraction of sp³-hybridized carbons (Fsp3) is 0.615. The smallest absolute Gasteiger partial charge is 0.128 e. The number of rotatable bonds is 4. The second kappa shape index (κ2) is 5.98. The molecule has 94 valence electrons. The zero-order chi connectivity index (χ0) is 12.1. The van der Waals surface area contributed by atoms with Crippen molar-refractivity contribution in [3.8, 4) is 5.75 Å². The highest BCUT2D eigenvalue weighted by atomic mass is 16.5. The number of pyridine rings is 1. The summed E-state index contributed by atoms with van der Waals surface area (Å²) in [6, 6.07) is 1.81. The van der Waals surface area contributed by atoms with E-state index < -0.39 is 0 Å². The van der Waals surface area contributed by atoms with Gasteiger partial charge in [-0.25, -0.2) is 0 Å². The second-order valence-electron chi connectivity index (χ2n) is 4.41. The van der Waals surface area contributed by atoms with Crippen LogP contribution in [0, 0.1) is 0 Å². The number of hydrogen-bond donors (Lipinski definition) is 1. The SMILES string of the molecule is COC1CCCC(Oc2ccncc2CO)C1. The van der Waals surface area contributed by atoms with E-state index in [4.69, 9.17) is 9.47 Å². The maximum absolute atomic E-state index is 9.20. The number of methoxy groups -OCH3 is 1. The highest BCUT2D eigenvalue weighted by Crippen LogP contribution is 2.26. The van der Waals surface area contributed by atoms with Crippen LogP contribution in [-0.2, 0) is 11.3 Å². The van der Waals surface area contributed by atoms with E-state index >= 15 is 0 Å². The molecule has 2 unspecified atom stereocenters. The fourth-order valence-electron chi connectivity index (χ4n) is 2.25. The minimum Gasteiger partial charge on any atom is -0.490 e. The predicted octanol–water partition coefficient (Wildman–Crippen LogP) is 1.91. The topological polar surface area (TPSA) is 51.6 Å². The zero-order valence-corrected chi connectivity index (χ0v) is 10.1. The van der Waals surface area contributed by atoms with E-state index in [2.05, 4.69) is 4.98 Å². The third-order valence-electron chi connectivity index (χ3n) is 3.23. The standard InChI is InChI=1S/C13H19NO3/c1-16-11-3-2-4-12(7-11)17-13-5-6-14-8-10(13)9-15/h5-6,8,11-12,15H,2-4,7,9H2,1H3. The first-order valence-electron chi connectivity index (χ1n) is 6.06. The van der Waals surface area contributed by atoms with Crippen LogP contribution in [-0.4, -0.2) is 29.4 Å². The predicted molar refractivity (Wildman–Crippen MR) is 63.8 cm³/mol. The minimum atomic E-state index is -0.0381. The van der Waals surface area contributed by atoms with Gasteiger partial charge in [0.05, 0.1) is 12.7 Å². The molecule has 0 saturated heterocycles. The van der Waals surface area contributed by atoms with Crippen molar-refractivity contribution >= 4 is 0 Å². The Morgan fingerprint density at radius 3 is 3.00 bits per heavy atom. The largest absolute Gasteiger partial charge is 0.490 e. The summed E-state index contributed by atoms with van der Waals surface area (Å²) in [7, 11) is 1.75. The van der Waals surface area contributed by atoms with Gasteiger partial charge in [-0.05, 0) is 25.3 Å². The Morgan fingerprint density at radius 2 is 2.24 bits per heavy atom. The first-order valence-corrected chi connectivity index (χ1v) is 6.06. The summed E-state index contributed by atoms with van der Waals surface area (Å²) in [5, 5.41) is 9.20. The molecule has 1 aromatic heterocycles. The van der Waals surface area contributed by atoms with E-state index in [1.54, 1.807) is 19.5 Å². The van der Waals surface area contributed by atoms with E-state index in [1.165, 1.54) is 0 Å². The highest BCUT2D eigenvalue weighted by molar-refractivity contribution is 5.29. The van der Waals surface area contributed by atoms with Crippen LogP contribution in [0.5, 0.6) is 5.75 Å². The summed E-state index contributed by atoms with van der Waals surface area (Å²) in [4.78, 5) is 3.98. The van der Waals surface area contributed by atoms with Crippen molar-refractivity contribution < 1.29 is 14.6 Å². The molecule has 0 spiro atoms. The Morgan fingerprint density at radius 1 is 1.41 bits per heavy atom. The minimum absolute atomic E-state index is 0.0381. The molecule has 4 nitrogen and oxygen atoms in total. The number of hydrogen-bond acceptors (Lipinski definition) is 4. The van der Waals surface area contributed by atoms with Gasteiger partial charge in [0.1, 0.15) is 11.9 Å². The summed E-state index contributed by atoms with van der Waals surface area (Å²) in [6.45, 7) is -0.0381. The van der Waals surface area contributed by atoms with Crippen molar-refractivity contribution in [3.05, 3.63) is 24.0 Å². The summed E-state index contributed by atoms with van der Waals surface area (Å²) in [6.07, 6.45) is 8.02. The lowest BCUT2D eigenvalue weighted by molar-refractivity contribution is 0.0203. The molecule has 0 radical (unpaired) electrons. The summed E-state index contributed by atoms with van der Waals surface area (Å²) >= 11 is 0. The van der Waals surface area contributed by atoms with Crippen molar-refractivity contribution in [2.24, 2.45) is 0 Å². The Hall–Kier alpha value is -1.13. The van der Waals surface area contributed by atoms with E-state index in [0.29, 0.717) is 6.10 Å². The van der Waals surface area contributed by atoms with Gasteiger partial charge >= 0.3 is 0 Å². The molecular weight excluding hydrogens is 218 g/mol. The van der Waals surface area contributed by atoms with E-state index in [-0.39, 0.29) is 12.7 Å². The van der Waals surface area contributed by atoms with Gasteiger partial charge < -0.3 is 14.6 Å². The van der Waals surface area contributed by atoms with Crippen molar-refractivity contribution in [3.63, 3.8) is 0 Å². The number of aromatic nitrogens is 1. The molecular formula is C13H19NO3. The lowest BCUT2D eigenvalue weighted by Crippen LogP contribution is -2.29. The molecule has 0 bridgehead atoms. The maximum Gasteiger partial charge on any atom is 0.128 e. The molecule has 1 heterocycles. The molecule has 17 heavy (non-hydrogen) atoms. The normalized spacial score (nSPS) is 24.6. The molecule has 1 aromatic rings. The average molecular weight is 237 g/mol. The zero-order valence-electron chi connectivity index (χ0n) is 10.1. The van der Waals surface area contributed by atoms with Gasteiger partial charge in [0.25, 0.3) is 0 Å². The first kappa shape index (κ1) is 12.3. The van der Waals surface area contributed by atoms with E-state index in [1.807, 2.05) is 6.07 Å². The Labute approximate surface area is 102 Å². The third kappa shape index (κ3) is 3.17. The van der Waals surface area contributed by atoms with Gasteiger partial charge in [-0.3, -0.25) is 4.98 Å². The number of aliphatic hydroxyl groups is 1. The molecule has 1 saturated carbocycles. The van der Waals surface area contributed by atoms with Crippen LogP contribution in [0.3, 0.4) is 0 Å². The highest BCUT2D eigenvalue weighted by Gasteiger charge is 2.23. The lowest BCUT2D eigenvalue weighted by atomic mass is 9.95. The van der Waals surface area contributed by atoms with Gasteiger partial charge in [-0.2, -0.15) is 0 Å². The van der Waals surface area contributed by atoms with Crippen molar-refractivity contribution in [1.82, 2.24) is 4.98 Å². The Balaban J connectivity index is 2.00. The van der Waals surface area contributed by atoms with Crippen molar-refractivity contribution in [2.45, 2.75) is 44.5 Å². The van der Waals surface area contributed by atoms with Crippen LogP contribution in [0.1, 0.15) is 31.2 Å². The molecule has 1 aliphatic rings. The molecule has 1 aliphatic carbocycles. The first-order chi connectivity index (χ1) is 8.33. The quantitative estimate of drug-likeness (QED) is 0.869. The Kier molecular flexibility index (Phi) is 4.34. The lowest BCUT2D eigenvalue weighted by Gasteiger charge is -2.29. The average Bonchev–Trinajstić information content (AvgIpc) is 2.39. The molecule has 0 aliphatic heterocycles. The van der Waals surface area contributed by atoms with Gasteiger partial charge in [0.2, 0.25) is 0 Å². The van der Waals surface area contributed by atoms with E-state index in [0.717, 1.165) is 37.0 Å². The monoisotopic (exact) mass is 237 g/mol. The van der Waals surface area contributed by atoms with E-state index in [9.17, 15) is 5.11 Å². The van der Waals surface area contributed by atoms with Gasteiger partial charge in [-0.15, -0.1) is 0 Å². The summed E-state index contributed by atoms with van der Waals surface area (Å²) in [5.41, 5.74) is 0.743. The fourth-order valence-corrected chi connectivity index (χ4v) is 2.25.